The van der Waals surface area contributed by atoms with Gasteiger partial charge in [0.05, 0.1) is 0 Å². The molecule has 3 aliphatic rings. The van der Waals surface area contributed by atoms with Gasteiger partial charge in [0, 0.05) is 11.3 Å². The molecule has 0 aromatic rings. The van der Waals surface area contributed by atoms with Gasteiger partial charge in [-0.1, -0.05) is 11.1 Å². The van der Waals surface area contributed by atoms with Crippen molar-refractivity contribution in [3.8, 4) is 0 Å². The minimum absolute atomic E-state index is 0.104. The molecular weight excluding hydrogens is 184 g/mol. The number of carbonyl (C=O) groups excluding carboxylic acids is 1. The van der Waals surface area contributed by atoms with Crippen molar-refractivity contribution in [2.75, 3.05) is 0 Å². The number of Topliss-reactive ketones (excluding diaryl/α,β-unsaturated/α-hetero) is 1. The Kier molecular flexibility index (Phi) is 1.90. The molecule has 2 saturated carbocycles. The Morgan fingerprint density at radius 3 is 2.60 bits per heavy atom. The molecule has 2 fully saturated rings. The fourth-order valence-electron chi connectivity index (χ4n) is 4.22. The summed E-state index contributed by atoms with van der Waals surface area (Å²) in [4.78, 5) is 12.4. The van der Waals surface area contributed by atoms with Gasteiger partial charge < -0.3 is 0 Å². The van der Waals surface area contributed by atoms with Gasteiger partial charge >= 0.3 is 0 Å². The number of ketones is 1. The minimum Gasteiger partial charge on any atom is -0.299 e. The van der Waals surface area contributed by atoms with E-state index in [0.717, 1.165) is 18.8 Å². The van der Waals surface area contributed by atoms with Gasteiger partial charge in [-0.25, -0.2) is 0 Å². The van der Waals surface area contributed by atoms with Gasteiger partial charge in [-0.05, 0) is 58.3 Å². The molecule has 1 heteroatoms. The lowest BCUT2D eigenvalue weighted by molar-refractivity contribution is -0.133. The second-order valence-electron chi connectivity index (χ2n) is 5.96. The first kappa shape index (κ1) is 9.62. The first-order valence-electron chi connectivity index (χ1n) is 6.33. The van der Waals surface area contributed by atoms with Crippen LogP contribution >= 0.6 is 0 Å². The second-order valence-corrected chi connectivity index (χ2v) is 5.96. The van der Waals surface area contributed by atoms with E-state index in [9.17, 15) is 4.79 Å². The maximum absolute atomic E-state index is 12.4. The third kappa shape index (κ3) is 1.12. The minimum atomic E-state index is 0.104. The van der Waals surface area contributed by atoms with E-state index >= 15 is 0 Å². The first-order valence-corrected chi connectivity index (χ1v) is 6.33. The average Bonchev–Trinajstić information content (AvgIpc) is 2.77. The summed E-state index contributed by atoms with van der Waals surface area (Å²) < 4.78 is 0. The highest BCUT2D eigenvalue weighted by molar-refractivity contribution is 5.91. The first-order chi connectivity index (χ1) is 7.13. The summed E-state index contributed by atoms with van der Waals surface area (Å²) in [6.45, 7) is 4.47. The molecule has 1 nitrogen and oxygen atoms in total. The van der Waals surface area contributed by atoms with Crippen molar-refractivity contribution in [2.24, 2.45) is 17.3 Å². The Balaban J connectivity index is 1.96. The Labute approximate surface area is 91.9 Å². The number of carbonyl (C=O) groups is 1. The van der Waals surface area contributed by atoms with Crippen molar-refractivity contribution in [3.05, 3.63) is 11.1 Å². The van der Waals surface area contributed by atoms with E-state index in [1.165, 1.54) is 36.8 Å². The fraction of sp³-hybridized carbons (Fsp3) is 0.786. The zero-order valence-corrected chi connectivity index (χ0v) is 9.81. The van der Waals surface area contributed by atoms with Crippen molar-refractivity contribution in [2.45, 2.75) is 52.4 Å². The third-order valence-corrected chi connectivity index (χ3v) is 5.33. The van der Waals surface area contributed by atoms with Crippen molar-refractivity contribution >= 4 is 5.78 Å². The molecule has 2 bridgehead atoms. The van der Waals surface area contributed by atoms with E-state index in [0.29, 0.717) is 11.7 Å². The van der Waals surface area contributed by atoms with E-state index in [2.05, 4.69) is 13.8 Å². The zero-order chi connectivity index (χ0) is 10.6. The van der Waals surface area contributed by atoms with Gasteiger partial charge in [-0.2, -0.15) is 0 Å². The van der Waals surface area contributed by atoms with Crippen LogP contribution in [0.3, 0.4) is 0 Å². The van der Waals surface area contributed by atoms with Crippen LogP contribution < -0.4 is 0 Å². The largest absolute Gasteiger partial charge is 0.299 e. The van der Waals surface area contributed by atoms with Crippen LogP contribution in [0.5, 0.6) is 0 Å². The Morgan fingerprint density at radius 2 is 2.00 bits per heavy atom. The van der Waals surface area contributed by atoms with Gasteiger partial charge in [0.15, 0.2) is 0 Å². The molecule has 0 amide bonds. The van der Waals surface area contributed by atoms with E-state index in [-0.39, 0.29) is 5.41 Å². The molecule has 3 rings (SSSR count). The monoisotopic (exact) mass is 204 g/mol. The fourth-order valence-corrected chi connectivity index (χ4v) is 4.22. The molecule has 0 heterocycles. The summed E-state index contributed by atoms with van der Waals surface area (Å²) >= 11 is 0. The molecule has 1 spiro atoms. The molecule has 0 saturated heterocycles. The van der Waals surface area contributed by atoms with Crippen molar-refractivity contribution < 1.29 is 4.79 Å². The number of rotatable bonds is 0. The molecule has 1 unspecified atom stereocenters. The van der Waals surface area contributed by atoms with E-state index < -0.39 is 0 Å². The standard InChI is InChI=1S/C14H20O/c1-9-5-6-14(8-10(9)2)12-4-3-11(7-12)13(14)15/h11-12H,3-8H2,1-2H3/t11-,12+,14?/m1/s1. The van der Waals surface area contributed by atoms with Gasteiger partial charge in [0.2, 0.25) is 0 Å². The Bertz CT molecular complexity index is 352. The topological polar surface area (TPSA) is 17.1 Å². The van der Waals surface area contributed by atoms with E-state index in [1.54, 1.807) is 0 Å². The molecule has 3 aliphatic carbocycles. The summed E-state index contributed by atoms with van der Waals surface area (Å²) in [7, 11) is 0. The molecule has 0 radical (unpaired) electrons. The van der Waals surface area contributed by atoms with Crippen molar-refractivity contribution in [3.63, 3.8) is 0 Å². The number of hydrogen-bond donors (Lipinski definition) is 0. The summed E-state index contributed by atoms with van der Waals surface area (Å²) in [6.07, 6.45) is 7.12. The molecule has 82 valence electrons. The normalized spacial score (nSPS) is 44.5. The summed E-state index contributed by atoms with van der Waals surface area (Å²) in [5, 5.41) is 0. The highest BCUT2D eigenvalue weighted by Crippen LogP contribution is 2.59. The lowest BCUT2D eigenvalue weighted by Gasteiger charge is -2.40. The van der Waals surface area contributed by atoms with Crippen LogP contribution in [-0.4, -0.2) is 5.78 Å². The SMILES string of the molecule is CC1=C(C)CC2(CC1)C(=O)[C@@H]1CC[C@H]2C1. The molecular formula is C14H20O. The Morgan fingerprint density at radius 1 is 1.20 bits per heavy atom. The predicted octanol–water partition coefficient (Wildman–Crippen LogP) is 3.49. The predicted molar refractivity (Wildman–Crippen MR) is 60.5 cm³/mol. The number of hydrogen-bond acceptors (Lipinski definition) is 1. The number of allylic oxidation sites excluding steroid dienone is 2. The van der Waals surface area contributed by atoms with E-state index in [4.69, 9.17) is 0 Å². The van der Waals surface area contributed by atoms with Crippen LogP contribution in [0.2, 0.25) is 0 Å². The third-order valence-electron chi connectivity index (χ3n) is 5.33. The maximum atomic E-state index is 12.4. The van der Waals surface area contributed by atoms with Gasteiger partial charge in [-0.3, -0.25) is 4.79 Å². The van der Waals surface area contributed by atoms with E-state index in [1.807, 2.05) is 0 Å². The summed E-state index contributed by atoms with van der Waals surface area (Å²) in [6, 6.07) is 0. The van der Waals surface area contributed by atoms with Crippen LogP contribution in [-0.2, 0) is 4.79 Å². The molecule has 0 aromatic carbocycles. The van der Waals surface area contributed by atoms with Gasteiger partial charge in [0.1, 0.15) is 5.78 Å². The van der Waals surface area contributed by atoms with Crippen molar-refractivity contribution in [1.29, 1.82) is 0 Å². The molecule has 0 aliphatic heterocycles. The highest BCUT2D eigenvalue weighted by atomic mass is 16.1. The van der Waals surface area contributed by atoms with Crippen LogP contribution in [0.1, 0.15) is 52.4 Å². The lowest BCUT2D eigenvalue weighted by Crippen LogP contribution is -2.38. The smallest absolute Gasteiger partial charge is 0.142 e. The van der Waals surface area contributed by atoms with Gasteiger partial charge in [0.25, 0.3) is 0 Å². The quantitative estimate of drug-likeness (QED) is 0.552. The molecule has 0 N–H and O–H groups in total. The number of fused-ring (bicyclic) bond motifs is 3. The second kappa shape index (κ2) is 2.96. The maximum Gasteiger partial charge on any atom is 0.142 e. The van der Waals surface area contributed by atoms with Gasteiger partial charge in [-0.15, -0.1) is 0 Å². The summed E-state index contributed by atoms with van der Waals surface area (Å²) in [5.74, 6) is 1.81. The summed E-state index contributed by atoms with van der Waals surface area (Å²) in [5.41, 5.74) is 3.14. The van der Waals surface area contributed by atoms with Crippen LogP contribution in [0, 0.1) is 17.3 Å². The zero-order valence-electron chi connectivity index (χ0n) is 9.81. The lowest BCUT2D eigenvalue weighted by atomic mass is 9.63. The molecule has 15 heavy (non-hydrogen) atoms. The van der Waals surface area contributed by atoms with Crippen LogP contribution in [0.25, 0.3) is 0 Å². The van der Waals surface area contributed by atoms with Crippen LogP contribution in [0.4, 0.5) is 0 Å². The molecule has 0 aromatic heterocycles. The Hall–Kier alpha value is -0.590. The van der Waals surface area contributed by atoms with Crippen molar-refractivity contribution in [1.82, 2.24) is 0 Å². The molecule has 3 atom stereocenters. The van der Waals surface area contributed by atoms with Crippen LogP contribution in [0.15, 0.2) is 11.1 Å². The highest BCUT2D eigenvalue weighted by Gasteiger charge is 2.57. The average molecular weight is 204 g/mol.